The van der Waals surface area contributed by atoms with Gasteiger partial charge in [-0.2, -0.15) is 0 Å². The van der Waals surface area contributed by atoms with Gasteiger partial charge in [0, 0.05) is 11.9 Å². The van der Waals surface area contributed by atoms with E-state index in [-0.39, 0.29) is 0 Å². The van der Waals surface area contributed by atoms with Gasteiger partial charge in [-0.05, 0) is 26.4 Å². The molecule has 0 aliphatic carbocycles. The number of alkyl halides is 1. The topological polar surface area (TPSA) is 3.24 Å². The van der Waals surface area contributed by atoms with Gasteiger partial charge in [-0.1, -0.05) is 13.8 Å². The third-order valence-corrected chi connectivity index (χ3v) is 2.21. The highest BCUT2D eigenvalue weighted by atomic mass is 35.5. The minimum Gasteiger partial charge on any atom is -0.302 e. The van der Waals surface area contributed by atoms with Crippen LogP contribution in [0.25, 0.3) is 0 Å². The Labute approximate surface area is 69.4 Å². The molecule has 0 aliphatic heterocycles. The monoisotopic (exact) mass is 163 g/mol. The van der Waals surface area contributed by atoms with Crippen LogP contribution < -0.4 is 0 Å². The van der Waals surface area contributed by atoms with Crippen LogP contribution in [0.4, 0.5) is 0 Å². The van der Waals surface area contributed by atoms with E-state index in [1.54, 1.807) is 0 Å². The van der Waals surface area contributed by atoms with Crippen LogP contribution in [0.15, 0.2) is 0 Å². The Morgan fingerprint density at radius 2 is 2.00 bits per heavy atom. The first-order valence-electron chi connectivity index (χ1n) is 4.02. The normalized spacial score (nSPS) is 14.1. The summed E-state index contributed by atoms with van der Waals surface area (Å²) < 4.78 is 0. The van der Waals surface area contributed by atoms with Crippen LogP contribution in [-0.2, 0) is 0 Å². The molecule has 0 fully saturated rings. The van der Waals surface area contributed by atoms with E-state index in [1.807, 2.05) is 0 Å². The summed E-state index contributed by atoms with van der Waals surface area (Å²) in [7, 11) is 2.14. The molecule has 0 amide bonds. The molecular weight excluding hydrogens is 146 g/mol. The van der Waals surface area contributed by atoms with Crippen molar-refractivity contribution in [3.63, 3.8) is 0 Å². The lowest BCUT2D eigenvalue weighted by Crippen LogP contribution is -2.33. The summed E-state index contributed by atoms with van der Waals surface area (Å²) in [5, 5.41) is 0. The molecule has 0 rings (SSSR count). The van der Waals surface area contributed by atoms with E-state index in [1.165, 1.54) is 6.42 Å². The highest BCUT2D eigenvalue weighted by Gasteiger charge is 2.08. The Hall–Kier alpha value is 0.250. The zero-order valence-corrected chi connectivity index (χ0v) is 7.99. The molecule has 10 heavy (non-hydrogen) atoms. The predicted molar refractivity (Wildman–Crippen MR) is 47.7 cm³/mol. The second-order valence-electron chi connectivity index (χ2n) is 2.70. The molecule has 62 valence electrons. The van der Waals surface area contributed by atoms with Crippen LogP contribution in [-0.4, -0.2) is 30.4 Å². The third-order valence-electron chi connectivity index (χ3n) is 1.85. The zero-order chi connectivity index (χ0) is 7.98. The maximum Gasteiger partial charge on any atom is 0.0379 e. The zero-order valence-electron chi connectivity index (χ0n) is 7.23. The quantitative estimate of drug-likeness (QED) is 0.563. The van der Waals surface area contributed by atoms with E-state index < -0.39 is 0 Å². The van der Waals surface area contributed by atoms with Crippen molar-refractivity contribution in [3.05, 3.63) is 0 Å². The third kappa shape index (κ3) is 3.43. The minimum absolute atomic E-state index is 0.571. The van der Waals surface area contributed by atoms with Gasteiger partial charge in [0.25, 0.3) is 0 Å². The first kappa shape index (κ1) is 10.2. The van der Waals surface area contributed by atoms with Gasteiger partial charge in [0.1, 0.15) is 0 Å². The lowest BCUT2D eigenvalue weighted by Gasteiger charge is -2.24. The summed E-state index contributed by atoms with van der Waals surface area (Å²) in [6.07, 6.45) is 2.36. The number of hydrogen-bond donors (Lipinski definition) is 0. The van der Waals surface area contributed by atoms with Crippen molar-refractivity contribution < 1.29 is 0 Å². The number of nitrogens with zero attached hydrogens (tertiary/aromatic N) is 1. The SMILES string of the molecule is CCCN(C)C(CC)CCl. The molecule has 1 nitrogen and oxygen atoms in total. The molecule has 1 atom stereocenters. The van der Waals surface area contributed by atoms with Gasteiger partial charge in [-0.25, -0.2) is 0 Å². The van der Waals surface area contributed by atoms with Crippen molar-refractivity contribution in [2.45, 2.75) is 32.7 Å². The smallest absolute Gasteiger partial charge is 0.0379 e. The standard InChI is InChI=1S/C8H18ClN/c1-4-6-10(3)8(5-2)7-9/h8H,4-7H2,1-3H3. The van der Waals surface area contributed by atoms with Crippen molar-refractivity contribution in [2.24, 2.45) is 0 Å². The Morgan fingerprint density at radius 3 is 2.30 bits per heavy atom. The Morgan fingerprint density at radius 1 is 1.40 bits per heavy atom. The summed E-state index contributed by atoms with van der Waals surface area (Å²) in [6.45, 7) is 5.53. The molecule has 1 unspecified atom stereocenters. The van der Waals surface area contributed by atoms with Crippen LogP contribution in [0.5, 0.6) is 0 Å². The lowest BCUT2D eigenvalue weighted by atomic mass is 10.2. The second kappa shape index (κ2) is 5.99. The number of hydrogen-bond acceptors (Lipinski definition) is 1. The molecule has 0 N–H and O–H groups in total. The number of halogens is 1. The fourth-order valence-corrected chi connectivity index (χ4v) is 1.53. The molecule has 0 radical (unpaired) electrons. The summed E-state index contributed by atoms with van der Waals surface area (Å²) in [6, 6.07) is 0.571. The average molecular weight is 164 g/mol. The fourth-order valence-electron chi connectivity index (χ4n) is 1.07. The van der Waals surface area contributed by atoms with Gasteiger partial charge in [0.05, 0.1) is 0 Å². The maximum atomic E-state index is 5.76. The molecule has 0 aromatic rings. The summed E-state index contributed by atoms with van der Waals surface area (Å²) in [5.74, 6) is 0.757. The Bertz CT molecular complexity index is 71.7. The van der Waals surface area contributed by atoms with Gasteiger partial charge < -0.3 is 4.90 Å². The first-order chi connectivity index (χ1) is 4.76. The molecule has 0 heterocycles. The van der Waals surface area contributed by atoms with E-state index in [2.05, 4.69) is 25.8 Å². The van der Waals surface area contributed by atoms with E-state index in [9.17, 15) is 0 Å². The lowest BCUT2D eigenvalue weighted by molar-refractivity contribution is 0.255. The largest absolute Gasteiger partial charge is 0.302 e. The van der Waals surface area contributed by atoms with Gasteiger partial charge in [0.15, 0.2) is 0 Å². The van der Waals surface area contributed by atoms with Crippen LogP contribution in [0.2, 0.25) is 0 Å². The highest BCUT2D eigenvalue weighted by molar-refractivity contribution is 6.18. The molecular formula is C8H18ClN. The molecule has 0 aromatic heterocycles. The van der Waals surface area contributed by atoms with Crippen molar-refractivity contribution in [3.8, 4) is 0 Å². The molecule has 0 aliphatic rings. The van der Waals surface area contributed by atoms with Gasteiger partial charge in [-0.15, -0.1) is 11.6 Å². The van der Waals surface area contributed by atoms with Crippen molar-refractivity contribution in [2.75, 3.05) is 19.5 Å². The predicted octanol–water partition coefficient (Wildman–Crippen LogP) is 2.35. The van der Waals surface area contributed by atoms with Crippen LogP contribution >= 0.6 is 11.6 Å². The van der Waals surface area contributed by atoms with Gasteiger partial charge >= 0.3 is 0 Å². The average Bonchev–Trinajstić information content (AvgIpc) is 1.91. The molecule has 0 bridgehead atoms. The van der Waals surface area contributed by atoms with Crippen LogP contribution in [0, 0.1) is 0 Å². The molecule has 0 saturated heterocycles. The van der Waals surface area contributed by atoms with Crippen molar-refractivity contribution in [1.82, 2.24) is 4.90 Å². The molecule has 0 aromatic carbocycles. The second-order valence-corrected chi connectivity index (χ2v) is 3.01. The van der Waals surface area contributed by atoms with E-state index in [4.69, 9.17) is 11.6 Å². The van der Waals surface area contributed by atoms with Crippen LogP contribution in [0.3, 0.4) is 0 Å². The Balaban J connectivity index is 3.53. The Kier molecular flexibility index (Phi) is 6.14. The molecule has 0 saturated carbocycles. The molecule has 0 spiro atoms. The molecule has 2 heteroatoms. The van der Waals surface area contributed by atoms with Gasteiger partial charge in [0.2, 0.25) is 0 Å². The van der Waals surface area contributed by atoms with E-state index in [0.29, 0.717) is 6.04 Å². The minimum atomic E-state index is 0.571. The number of rotatable bonds is 5. The van der Waals surface area contributed by atoms with Crippen LogP contribution in [0.1, 0.15) is 26.7 Å². The summed E-state index contributed by atoms with van der Waals surface area (Å²) in [4.78, 5) is 2.33. The fraction of sp³-hybridized carbons (Fsp3) is 1.00. The summed E-state index contributed by atoms with van der Waals surface area (Å²) >= 11 is 5.76. The maximum absolute atomic E-state index is 5.76. The highest BCUT2D eigenvalue weighted by Crippen LogP contribution is 2.03. The van der Waals surface area contributed by atoms with Crippen molar-refractivity contribution in [1.29, 1.82) is 0 Å². The van der Waals surface area contributed by atoms with E-state index >= 15 is 0 Å². The summed E-state index contributed by atoms with van der Waals surface area (Å²) in [5.41, 5.74) is 0. The van der Waals surface area contributed by atoms with Crippen molar-refractivity contribution >= 4 is 11.6 Å². The van der Waals surface area contributed by atoms with Gasteiger partial charge in [-0.3, -0.25) is 0 Å². The first-order valence-corrected chi connectivity index (χ1v) is 4.55. The van der Waals surface area contributed by atoms with E-state index in [0.717, 1.165) is 18.8 Å².